The molecule has 0 spiro atoms. The van der Waals surface area contributed by atoms with Gasteiger partial charge in [-0.15, -0.1) is 0 Å². The minimum absolute atomic E-state index is 0.0273. The predicted molar refractivity (Wildman–Crippen MR) is 75.5 cm³/mol. The van der Waals surface area contributed by atoms with Crippen molar-refractivity contribution in [3.8, 4) is 0 Å². The number of hydrogen-bond donors (Lipinski definition) is 2. The fourth-order valence-corrected chi connectivity index (χ4v) is 2.27. The largest absolute Gasteiger partial charge is 0.381 e. The fraction of sp³-hybridized carbons (Fsp3) is 0.538. The van der Waals surface area contributed by atoms with E-state index in [1.54, 1.807) is 0 Å². The molecule has 0 saturated heterocycles. The van der Waals surface area contributed by atoms with Gasteiger partial charge in [-0.2, -0.15) is 0 Å². The lowest BCUT2D eigenvalue weighted by molar-refractivity contribution is 0.417. The summed E-state index contributed by atoms with van der Waals surface area (Å²) in [5, 5.41) is 2.94. The Balaban J connectivity index is 2.87. The third kappa shape index (κ3) is 4.18. The van der Waals surface area contributed by atoms with Crippen molar-refractivity contribution in [1.82, 2.24) is 0 Å². The van der Waals surface area contributed by atoms with E-state index in [0.29, 0.717) is 6.54 Å². The summed E-state index contributed by atoms with van der Waals surface area (Å²) in [6.45, 7) is 4.40. The van der Waals surface area contributed by atoms with Crippen LogP contribution in [0.4, 0.5) is 10.1 Å². The van der Waals surface area contributed by atoms with E-state index in [4.69, 9.17) is 5.73 Å². The number of nitrogens with one attached hydrogen (secondary N) is 1. The molecule has 0 aliphatic heterocycles. The molecule has 0 aliphatic carbocycles. The second-order valence-corrected chi connectivity index (χ2v) is 6.85. The molecule has 0 atom stereocenters. The van der Waals surface area contributed by atoms with E-state index >= 15 is 0 Å². The van der Waals surface area contributed by atoms with Crippen LogP contribution in [0.2, 0.25) is 0 Å². The molecule has 1 rings (SSSR count). The molecular formula is C13H21FN2O2S. The van der Waals surface area contributed by atoms with Crippen molar-refractivity contribution in [1.29, 1.82) is 0 Å². The smallest absolute Gasteiger partial charge is 0.175 e. The van der Waals surface area contributed by atoms with Crippen LogP contribution in [0.3, 0.4) is 0 Å². The lowest BCUT2D eigenvalue weighted by atomic mass is 9.94. The van der Waals surface area contributed by atoms with Crippen LogP contribution < -0.4 is 11.1 Å². The molecule has 0 saturated carbocycles. The van der Waals surface area contributed by atoms with Gasteiger partial charge in [0, 0.05) is 18.3 Å². The molecule has 0 heterocycles. The molecule has 0 aliphatic rings. The molecule has 108 valence electrons. The van der Waals surface area contributed by atoms with Crippen LogP contribution in [0.1, 0.15) is 26.7 Å². The number of hydrogen-bond acceptors (Lipinski definition) is 4. The molecule has 0 unspecified atom stereocenters. The van der Waals surface area contributed by atoms with Crippen LogP contribution >= 0.6 is 0 Å². The van der Waals surface area contributed by atoms with E-state index in [2.05, 4.69) is 5.32 Å². The van der Waals surface area contributed by atoms with E-state index in [9.17, 15) is 12.8 Å². The maximum Gasteiger partial charge on any atom is 0.175 e. The Labute approximate surface area is 114 Å². The van der Waals surface area contributed by atoms with Gasteiger partial charge in [-0.05, 0) is 31.0 Å². The summed E-state index contributed by atoms with van der Waals surface area (Å²) in [4.78, 5) is -0.0273. The van der Waals surface area contributed by atoms with Gasteiger partial charge in [-0.3, -0.25) is 0 Å². The van der Waals surface area contributed by atoms with Crippen LogP contribution in [0.5, 0.6) is 0 Å². The van der Waals surface area contributed by atoms with E-state index < -0.39 is 15.7 Å². The zero-order chi connectivity index (χ0) is 14.7. The first-order valence-corrected chi connectivity index (χ1v) is 8.13. The molecule has 0 aromatic heterocycles. The number of benzene rings is 1. The molecule has 0 fully saturated rings. The fourth-order valence-electron chi connectivity index (χ4n) is 1.64. The average Bonchev–Trinajstić information content (AvgIpc) is 2.35. The van der Waals surface area contributed by atoms with Crippen LogP contribution in [-0.4, -0.2) is 26.8 Å². The van der Waals surface area contributed by atoms with Gasteiger partial charge in [0.05, 0.1) is 10.6 Å². The Morgan fingerprint density at radius 1 is 1.32 bits per heavy atom. The summed E-state index contributed by atoms with van der Waals surface area (Å²) in [6.07, 6.45) is 2.60. The number of sulfone groups is 1. The van der Waals surface area contributed by atoms with E-state index in [0.717, 1.165) is 25.2 Å². The maximum absolute atomic E-state index is 13.8. The summed E-state index contributed by atoms with van der Waals surface area (Å²) in [6, 6.07) is 3.84. The quantitative estimate of drug-likeness (QED) is 0.841. The lowest BCUT2D eigenvalue weighted by Crippen LogP contribution is -2.45. The second-order valence-electron chi connectivity index (χ2n) is 4.84. The van der Waals surface area contributed by atoms with Gasteiger partial charge >= 0.3 is 0 Å². The number of anilines is 1. The van der Waals surface area contributed by atoms with Crippen LogP contribution in [-0.2, 0) is 9.84 Å². The Bertz CT molecular complexity index is 540. The summed E-state index contributed by atoms with van der Waals surface area (Å²) < 4.78 is 36.4. The van der Waals surface area contributed by atoms with Gasteiger partial charge in [-0.1, -0.05) is 13.8 Å². The molecule has 1 aromatic rings. The van der Waals surface area contributed by atoms with E-state index in [1.807, 2.05) is 13.8 Å². The average molecular weight is 288 g/mol. The summed E-state index contributed by atoms with van der Waals surface area (Å²) in [5.41, 5.74) is 5.99. The van der Waals surface area contributed by atoms with Crippen molar-refractivity contribution in [3.63, 3.8) is 0 Å². The molecule has 0 amide bonds. The van der Waals surface area contributed by atoms with Gasteiger partial charge in [0.25, 0.3) is 0 Å². The first-order valence-electron chi connectivity index (χ1n) is 6.24. The molecule has 0 bridgehead atoms. The Hall–Kier alpha value is -1.14. The first kappa shape index (κ1) is 15.9. The monoisotopic (exact) mass is 288 g/mol. The van der Waals surface area contributed by atoms with Crippen molar-refractivity contribution in [2.45, 2.75) is 37.1 Å². The third-order valence-electron chi connectivity index (χ3n) is 3.41. The lowest BCUT2D eigenvalue weighted by Gasteiger charge is -2.27. The molecule has 4 nitrogen and oxygen atoms in total. The van der Waals surface area contributed by atoms with Gasteiger partial charge in [0.15, 0.2) is 9.84 Å². The molecular weight excluding hydrogens is 267 g/mol. The van der Waals surface area contributed by atoms with Crippen molar-refractivity contribution in [3.05, 3.63) is 24.0 Å². The zero-order valence-electron chi connectivity index (χ0n) is 11.5. The molecule has 1 aromatic carbocycles. The summed E-state index contributed by atoms with van der Waals surface area (Å²) >= 11 is 0. The topological polar surface area (TPSA) is 72.2 Å². The van der Waals surface area contributed by atoms with Crippen molar-refractivity contribution in [2.24, 2.45) is 5.73 Å². The van der Waals surface area contributed by atoms with Crippen molar-refractivity contribution >= 4 is 15.5 Å². The normalized spacial score (nSPS) is 12.5. The van der Waals surface area contributed by atoms with Gasteiger partial charge in [-0.25, -0.2) is 12.8 Å². The van der Waals surface area contributed by atoms with Gasteiger partial charge < -0.3 is 11.1 Å². The highest BCUT2D eigenvalue weighted by Gasteiger charge is 2.20. The highest BCUT2D eigenvalue weighted by atomic mass is 32.2. The summed E-state index contributed by atoms with van der Waals surface area (Å²) in [7, 11) is -3.39. The Morgan fingerprint density at radius 3 is 2.32 bits per heavy atom. The zero-order valence-corrected chi connectivity index (χ0v) is 12.3. The minimum atomic E-state index is -3.39. The van der Waals surface area contributed by atoms with Crippen LogP contribution in [0.25, 0.3) is 0 Å². The SMILES string of the molecule is CCC(N)(CC)CNc1ccc(S(C)(=O)=O)cc1F. The first-order chi connectivity index (χ1) is 8.72. The maximum atomic E-state index is 13.8. The van der Waals surface area contributed by atoms with E-state index in [1.165, 1.54) is 12.1 Å². The molecule has 6 heteroatoms. The van der Waals surface area contributed by atoms with Crippen molar-refractivity contribution in [2.75, 3.05) is 18.1 Å². The standard InChI is InChI=1S/C13H21FN2O2S/c1-4-13(15,5-2)9-16-12-7-6-10(8-11(12)14)19(3,17)18/h6-8,16H,4-5,9,15H2,1-3H3. The van der Waals surface area contributed by atoms with Crippen LogP contribution in [0, 0.1) is 5.82 Å². The Kier molecular flexibility index (Phi) is 4.92. The van der Waals surface area contributed by atoms with E-state index in [-0.39, 0.29) is 16.1 Å². The number of rotatable bonds is 6. The minimum Gasteiger partial charge on any atom is -0.381 e. The van der Waals surface area contributed by atoms with Crippen LogP contribution in [0.15, 0.2) is 23.1 Å². The van der Waals surface area contributed by atoms with Gasteiger partial charge in [0.1, 0.15) is 5.82 Å². The number of halogens is 1. The highest BCUT2D eigenvalue weighted by molar-refractivity contribution is 7.90. The molecule has 0 radical (unpaired) electrons. The Morgan fingerprint density at radius 2 is 1.89 bits per heavy atom. The van der Waals surface area contributed by atoms with Gasteiger partial charge in [0.2, 0.25) is 0 Å². The highest BCUT2D eigenvalue weighted by Crippen LogP contribution is 2.20. The molecule has 3 N–H and O–H groups in total. The summed E-state index contributed by atoms with van der Waals surface area (Å²) in [5.74, 6) is -0.586. The predicted octanol–water partition coefficient (Wildman–Crippen LogP) is 2.16. The molecule has 19 heavy (non-hydrogen) atoms. The number of nitrogens with two attached hydrogens (primary N) is 1. The third-order valence-corrected chi connectivity index (χ3v) is 4.52. The second kappa shape index (κ2) is 5.88. The van der Waals surface area contributed by atoms with Crippen molar-refractivity contribution < 1.29 is 12.8 Å².